The molecule has 1 atom stereocenters. The fraction of sp³-hybridized carbons (Fsp3) is 0.333. The van der Waals surface area contributed by atoms with Crippen LogP contribution in [0.25, 0.3) is 10.9 Å². The molecule has 16 heavy (non-hydrogen) atoms. The lowest BCUT2D eigenvalue weighted by molar-refractivity contribution is 0.634. The largest absolute Gasteiger partial charge is 0.312 e. The Labute approximate surface area is 99.9 Å². The molecule has 2 rings (SSSR count). The van der Waals surface area contributed by atoms with E-state index in [9.17, 15) is 0 Å². The molecule has 1 N–H and O–H groups in total. The van der Waals surface area contributed by atoms with Crippen molar-refractivity contribution in [3.63, 3.8) is 0 Å². The van der Waals surface area contributed by atoms with Crippen LogP contribution in [-0.2, 0) is 0 Å². The Hall–Kier alpha value is -1.19. The molecular weight excluding hydrogens is 222 g/mol. The van der Waals surface area contributed by atoms with Crippen molar-refractivity contribution in [1.82, 2.24) is 15.3 Å². The van der Waals surface area contributed by atoms with Gasteiger partial charge in [-0.05, 0) is 39.1 Å². The summed E-state index contributed by atoms with van der Waals surface area (Å²) in [6.45, 7) is 3.97. The minimum absolute atomic E-state index is 0.183. The smallest absolute Gasteiger partial charge is 0.126 e. The van der Waals surface area contributed by atoms with E-state index in [0.717, 1.165) is 22.4 Å². The van der Waals surface area contributed by atoms with Gasteiger partial charge in [0.1, 0.15) is 5.82 Å². The molecule has 0 radical (unpaired) electrons. The average molecular weight is 236 g/mol. The number of hydrogen-bond donors (Lipinski definition) is 1. The Morgan fingerprint density at radius 1 is 1.31 bits per heavy atom. The van der Waals surface area contributed by atoms with Gasteiger partial charge in [-0.15, -0.1) is 0 Å². The molecule has 0 fully saturated rings. The number of fused-ring (bicyclic) bond motifs is 1. The average Bonchev–Trinajstić information content (AvgIpc) is 2.27. The van der Waals surface area contributed by atoms with Crippen LogP contribution >= 0.6 is 11.6 Å². The SMILES string of the molecule is CNC(C)c1nc(C)nc2ccc(Cl)cc12. The summed E-state index contributed by atoms with van der Waals surface area (Å²) >= 11 is 6.00. The van der Waals surface area contributed by atoms with E-state index < -0.39 is 0 Å². The Morgan fingerprint density at radius 3 is 2.75 bits per heavy atom. The van der Waals surface area contributed by atoms with E-state index in [1.807, 2.05) is 32.2 Å². The van der Waals surface area contributed by atoms with Gasteiger partial charge in [0.15, 0.2) is 0 Å². The maximum Gasteiger partial charge on any atom is 0.126 e. The molecule has 84 valence electrons. The van der Waals surface area contributed by atoms with Gasteiger partial charge in [-0.1, -0.05) is 11.6 Å². The molecule has 0 spiro atoms. The van der Waals surface area contributed by atoms with Gasteiger partial charge < -0.3 is 5.32 Å². The first-order chi connectivity index (χ1) is 7.61. The molecule has 0 aliphatic heterocycles. The van der Waals surface area contributed by atoms with E-state index in [0.29, 0.717) is 5.02 Å². The number of hydrogen-bond acceptors (Lipinski definition) is 3. The van der Waals surface area contributed by atoms with Crippen molar-refractivity contribution in [2.75, 3.05) is 7.05 Å². The van der Waals surface area contributed by atoms with E-state index in [1.165, 1.54) is 0 Å². The molecule has 2 aromatic rings. The molecule has 0 amide bonds. The summed E-state index contributed by atoms with van der Waals surface area (Å²) in [6.07, 6.45) is 0. The van der Waals surface area contributed by atoms with Crippen molar-refractivity contribution in [1.29, 1.82) is 0 Å². The third-order valence-corrected chi connectivity index (χ3v) is 2.88. The fourth-order valence-corrected chi connectivity index (χ4v) is 1.88. The van der Waals surface area contributed by atoms with E-state index in [-0.39, 0.29) is 6.04 Å². The highest BCUT2D eigenvalue weighted by atomic mass is 35.5. The number of nitrogens with zero attached hydrogens (tertiary/aromatic N) is 2. The summed E-state index contributed by atoms with van der Waals surface area (Å²) < 4.78 is 0. The van der Waals surface area contributed by atoms with Gasteiger partial charge in [-0.25, -0.2) is 9.97 Å². The summed E-state index contributed by atoms with van der Waals surface area (Å²) in [4.78, 5) is 8.88. The molecule has 0 aliphatic rings. The minimum atomic E-state index is 0.183. The maximum atomic E-state index is 6.00. The summed E-state index contributed by atoms with van der Waals surface area (Å²) in [5, 5.41) is 4.91. The third kappa shape index (κ3) is 2.01. The van der Waals surface area contributed by atoms with Gasteiger partial charge in [0.05, 0.1) is 11.2 Å². The number of aromatic nitrogens is 2. The van der Waals surface area contributed by atoms with Crippen LogP contribution in [0.1, 0.15) is 24.5 Å². The topological polar surface area (TPSA) is 37.8 Å². The molecule has 4 heteroatoms. The molecule has 0 saturated carbocycles. The Kier molecular flexibility index (Phi) is 3.08. The van der Waals surface area contributed by atoms with Gasteiger partial charge in [0.2, 0.25) is 0 Å². The van der Waals surface area contributed by atoms with Crippen molar-refractivity contribution >= 4 is 22.5 Å². The first kappa shape index (κ1) is 11.3. The number of rotatable bonds is 2. The highest BCUT2D eigenvalue weighted by molar-refractivity contribution is 6.31. The van der Waals surface area contributed by atoms with Crippen molar-refractivity contribution in [3.8, 4) is 0 Å². The lowest BCUT2D eigenvalue weighted by atomic mass is 10.1. The second-order valence-corrected chi connectivity index (χ2v) is 4.26. The zero-order valence-corrected chi connectivity index (χ0v) is 10.3. The van der Waals surface area contributed by atoms with Crippen LogP contribution in [0.4, 0.5) is 0 Å². The van der Waals surface area contributed by atoms with E-state index in [1.54, 1.807) is 0 Å². The summed E-state index contributed by atoms with van der Waals surface area (Å²) in [6, 6.07) is 5.88. The van der Waals surface area contributed by atoms with Gasteiger partial charge >= 0.3 is 0 Å². The number of nitrogens with one attached hydrogen (secondary N) is 1. The van der Waals surface area contributed by atoms with Gasteiger partial charge in [-0.2, -0.15) is 0 Å². The lowest BCUT2D eigenvalue weighted by Gasteiger charge is -2.13. The Bertz CT molecular complexity index is 525. The third-order valence-electron chi connectivity index (χ3n) is 2.64. The van der Waals surface area contributed by atoms with Crippen LogP contribution in [0.5, 0.6) is 0 Å². The number of halogens is 1. The predicted molar refractivity (Wildman–Crippen MR) is 66.8 cm³/mol. The molecule has 1 aromatic carbocycles. The Balaban J connectivity index is 2.74. The molecule has 3 nitrogen and oxygen atoms in total. The predicted octanol–water partition coefficient (Wildman–Crippen LogP) is 2.87. The summed E-state index contributed by atoms with van der Waals surface area (Å²) in [7, 11) is 1.92. The minimum Gasteiger partial charge on any atom is -0.312 e. The Morgan fingerprint density at radius 2 is 2.06 bits per heavy atom. The highest BCUT2D eigenvalue weighted by Gasteiger charge is 2.11. The highest BCUT2D eigenvalue weighted by Crippen LogP contribution is 2.24. The second kappa shape index (κ2) is 4.36. The van der Waals surface area contributed by atoms with Crippen LogP contribution < -0.4 is 5.32 Å². The van der Waals surface area contributed by atoms with Crippen LogP contribution in [-0.4, -0.2) is 17.0 Å². The van der Waals surface area contributed by atoms with Gasteiger partial charge in [-0.3, -0.25) is 0 Å². The molecule has 0 saturated heterocycles. The zero-order valence-electron chi connectivity index (χ0n) is 9.58. The molecule has 0 aliphatic carbocycles. The second-order valence-electron chi connectivity index (χ2n) is 3.83. The normalized spacial score (nSPS) is 13.0. The van der Waals surface area contributed by atoms with E-state index in [4.69, 9.17) is 11.6 Å². The lowest BCUT2D eigenvalue weighted by Crippen LogP contribution is -2.15. The monoisotopic (exact) mass is 235 g/mol. The van der Waals surface area contributed by atoms with E-state index >= 15 is 0 Å². The molecular formula is C12H14ClN3. The first-order valence-electron chi connectivity index (χ1n) is 5.23. The number of aryl methyl sites for hydroxylation is 1. The molecule has 0 bridgehead atoms. The van der Waals surface area contributed by atoms with Crippen LogP contribution in [0.15, 0.2) is 18.2 Å². The van der Waals surface area contributed by atoms with Crippen LogP contribution in [0.2, 0.25) is 5.02 Å². The van der Waals surface area contributed by atoms with E-state index in [2.05, 4.69) is 22.2 Å². The fourth-order valence-electron chi connectivity index (χ4n) is 1.71. The van der Waals surface area contributed by atoms with Gasteiger partial charge in [0, 0.05) is 16.5 Å². The van der Waals surface area contributed by atoms with Crippen molar-refractivity contribution in [2.45, 2.75) is 19.9 Å². The van der Waals surface area contributed by atoms with Gasteiger partial charge in [0.25, 0.3) is 0 Å². The zero-order chi connectivity index (χ0) is 11.7. The van der Waals surface area contributed by atoms with Crippen molar-refractivity contribution < 1.29 is 0 Å². The molecule has 1 unspecified atom stereocenters. The van der Waals surface area contributed by atoms with Crippen molar-refractivity contribution in [3.05, 3.63) is 34.7 Å². The molecule has 1 heterocycles. The summed E-state index contributed by atoms with van der Waals surface area (Å²) in [5.41, 5.74) is 1.93. The summed E-state index contributed by atoms with van der Waals surface area (Å²) in [5.74, 6) is 0.784. The van der Waals surface area contributed by atoms with Crippen LogP contribution in [0, 0.1) is 6.92 Å². The number of benzene rings is 1. The van der Waals surface area contributed by atoms with Crippen LogP contribution in [0.3, 0.4) is 0 Å². The molecule has 1 aromatic heterocycles. The maximum absolute atomic E-state index is 6.00. The quantitative estimate of drug-likeness (QED) is 0.870. The van der Waals surface area contributed by atoms with Crippen molar-refractivity contribution in [2.24, 2.45) is 0 Å². The standard InChI is InChI=1S/C12H14ClN3/c1-7(14-3)12-10-6-9(13)4-5-11(10)15-8(2)16-12/h4-7,14H,1-3H3. The first-order valence-corrected chi connectivity index (χ1v) is 5.60.